The first kappa shape index (κ1) is 14.1. The molecule has 106 valence electrons. The van der Waals surface area contributed by atoms with Crippen LogP contribution in [0.25, 0.3) is 11.1 Å². The van der Waals surface area contributed by atoms with Gasteiger partial charge >= 0.3 is 6.36 Å². The molecule has 2 nitrogen and oxygen atoms in total. The van der Waals surface area contributed by atoms with E-state index in [1.165, 1.54) is 0 Å². The molecule has 2 aromatic carbocycles. The number of alkyl halides is 3. The molecule has 2 rings (SSSR count). The summed E-state index contributed by atoms with van der Waals surface area (Å²) in [6.45, 7) is 0. The molecular formula is C13H7F5O2. The Bertz CT molecular complexity index is 617. The highest BCUT2D eigenvalue weighted by Gasteiger charge is 2.31. The van der Waals surface area contributed by atoms with E-state index < -0.39 is 29.5 Å². The van der Waals surface area contributed by atoms with Gasteiger partial charge in [0.1, 0.15) is 23.1 Å². The lowest BCUT2D eigenvalue weighted by Crippen LogP contribution is -2.17. The zero-order valence-corrected chi connectivity index (χ0v) is 9.71. The highest BCUT2D eigenvalue weighted by atomic mass is 19.4. The van der Waals surface area contributed by atoms with Gasteiger partial charge in [0.25, 0.3) is 0 Å². The zero-order chi connectivity index (χ0) is 14.9. The Labute approximate surface area is 110 Å². The van der Waals surface area contributed by atoms with Crippen LogP contribution in [0.3, 0.4) is 0 Å². The van der Waals surface area contributed by atoms with Gasteiger partial charge in [-0.25, -0.2) is 8.78 Å². The lowest BCUT2D eigenvalue weighted by molar-refractivity contribution is -0.274. The topological polar surface area (TPSA) is 29.5 Å². The second-order valence-corrected chi connectivity index (χ2v) is 3.92. The Hall–Kier alpha value is -2.31. The molecule has 0 amide bonds. The van der Waals surface area contributed by atoms with Crippen LogP contribution in [-0.2, 0) is 0 Å². The molecule has 0 aliphatic heterocycles. The highest BCUT2D eigenvalue weighted by Crippen LogP contribution is 2.32. The molecule has 2 aromatic rings. The Kier molecular flexibility index (Phi) is 3.52. The molecule has 0 atom stereocenters. The fourth-order valence-corrected chi connectivity index (χ4v) is 1.66. The van der Waals surface area contributed by atoms with Gasteiger partial charge in [-0.1, -0.05) is 0 Å². The Morgan fingerprint density at radius 1 is 0.800 bits per heavy atom. The molecule has 0 aliphatic carbocycles. The quantitative estimate of drug-likeness (QED) is 0.838. The van der Waals surface area contributed by atoms with Crippen LogP contribution in [0.2, 0.25) is 0 Å². The van der Waals surface area contributed by atoms with Gasteiger partial charge in [-0.15, -0.1) is 13.2 Å². The van der Waals surface area contributed by atoms with E-state index >= 15 is 0 Å². The number of halogens is 5. The number of phenols is 1. The lowest BCUT2D eigenvalue weighted by Gasteiger charge is -2.11. The van der Waals surface area contributed by atoms with Gasteiger partial charge in [-0.2, -0.15) is 0 Å². The van der Waals surface area contributed by atoms with Crippen molar-refractivity contribution in [3.05, 3.63) is 48.0 Å². The van der Waals surface area contributed by atoms with Crippen LogP contribution in [-0.4, -0.2) is 11.5 Å². The van der Waals surface area contributed by atoms with E-state index in [0.29, 0.717) is 6.07 Å². The summed E-state index contributed by atoms with van der Waals surface area (Å²) in [6, 6.07) is 5.20. The fraction of sp³-hybridized carbons (Fsp3) is 0.0769. The predicted octanol–water partition coefficient (Wildman–Crippen LogP) is 4.24. The van der Waals surface area contributed by atoms with Crippen molar-refractivity contribution in [2.75, 3.05) is 0 Å². The highest BCUT2D eigenvalue weighted by molar-refractivity contribution is 5.67. The summed E-state index contributed by atoms with van der Waals surface area (Å²) in [6.07, 6.45) is -4.93. The van der Waals surface area contributed by atoms with Crippen molar-refractivity contribution in [3.8, 4) is 22.6 Å². The molecular weight excluding hydrogens is 283 g/mol. The minimum Gasteiger partial charge on any atom is -0.508 e. The summed E-state index contributed by atoms with van der Waals surface area (Å²) in [5.41, 5.74) is -0.0342. The maximum atomic E-state index is 13.1. The Morgan fingerprint density at radius 2 is 1.35 bits per heavy atom. The van der Waals surface area contributed by atoms with E-state index in [2.05, 4.69) is 4.74 Å². The van der Waals surface area contributed by atoms with E-state index in [-0.39, 0.29) is 11.1 Å². The monoisotopic (exact) mass is 290 g/mol. The van der Waals surface area contributed by atoms with Crippen molar-refractivity contribution in [2.45, 2.75) is 6.36 Å². The number of phenolic OH excluding ortho intramolecular Hbond substituents is 1. The van der Waals surface area contributed by atoms with E-state index in [0.717, 1.165) is 30.3 Å². The van der Waals surface area contributed by atoms with Gasteiger partial charge < -0.3 is 9.84 Å². The summed E-state index contributed by atoms with van der Waals surface area (Å²) in [7, 11) is 0. The van der Waals surface area contributed by atoms with Crippen LogP contribution >= 0.6 is 0 Å². The molecule has 0 spiro atoms. The molecule has 0 saturated carbocycles. The molecule has 0 bridgehead atoms. The number of ether oxygens (including phenoxy) is 1. The van der Waals surface area contributed by atoms with E-state index in [1.54, 1.807) is 0 Å². The second kappa shape index (κ2) is 4.99. The third-order valence-electron chi connectivity index (χ3n) is 2.32. The first-order chi connectivity index (χ1) is 9.23. The largest absolute Gasteiger partial charge is 0.573 e. The first-order valence-electron chi connectivity index (χ1n) is 5.29. The number of hydrogen-bond donors (Lipinski definition) is 1. The second-order valence-electron chi connectivity index (χ2n) is 3.92. The summed E-state index contributed by atoms with van der Waals surface area (Å²) >= 11 is 0. The summed E-state index contributed by atoms with van der Waals surface area (Å²) in [5.74, 6) is -2.98. The van der Waals surface area contributed by atoms with Crippen LogP contribution < -0.4 is 4.74 Å². The van der Waals surface area contributed by atoms with Gasteiger partial charge in [0.2, 0.25) is 0 Å². The van der Waals surface area contributed by atoms with Gasteiger partial charge in [0.15, 0.2) is 0 Å². The van der Waals surface area contributed by atoms with Crippen LogP contribution in [0.1, 0.15) is 0 Å². The van der Waals surface area contributed by atoms with E-state index in [4.69, 9.17) is 0 Å². The number of benzene rings is 2. The van der Waals surface area contributed by atoms with Crippen LogP contribution in [0, 0.1) is 11.6 Å². The smallest absolute Gasteiger partial charge is 0.508 e. The van der Waals surface area contributed by atoms with E-state index in [9.17, 15) is 27.1 Å². The van der Waals surface area contributed by atoms with Crippen molar-refractivity contribution in [3.63, 3.8) is 0 Å². The maximum Gasteiger partial charge on any atom is 0.573 e. The first-order valence-corrected chi connectivity index (χ1v) is 5.29. The molecule has 0 fully saturated rings. The predicted molar refractivity (Wildman–Crippen MR) is 60.1 cm³/mol. The molecule has 0 aromatic heterocycles. The van der Waals surface area contributed by atoms with Gasteiger partial charge in [-0.3, -0.25) is 0 Å². The third-order valence-corrected chi connectivity index (χ3v) is 2.32. The minimum atomic E-state index is -4.93. The molecule has 1 N–H and O–H groups in total. The number of rotatable bonds is 2. The van der Waals surface area contributed by atoms with Gasteiger partial charge in [-0.05, 0) is 35.4 Å². The normalized spacial score (nSPS) is 11.4. The lowest BCUT2D eigenvalue weighted by atomic mass is 10.0. The fourth-order valence-electron chi connectivity index (χ4n) is 1.66. The van der Waals surface area contributed by atoms with Crippen LogP contribution in [0.15, 0.2) is 36.4 Å². The van der Waals surface area contributed by atoms with Gasteiger partial charge in [0, 0.05) is 12.1 Å². The average molecular weight is 290 g/mol. The molecule has 20 heavy (non-hydrogen) atoms. The zero-order valence-electron chi connectivity index (χ0n) is 9.71. The van der Waals surface area contributed by atoms with Crippen LogP contribution in [0.4, 0.5) is 22.0 Å². The summed E-state index contributed by atoms with van der Waals surface area (Å²) in [5, 5.41) is 9.36. The van der Waals surface area contributed by atoms with Gasteiger partial charge in [0.05, 0.1) is 0 Å². The van der Waals surface area contributed by atoms with Crippen molar-refractivity contribution in [2.24, 2.45) is 0 Å². The van der Waals surface area contributed by atoms with Crippen molar-refractivity contribution < 1.29 is 31.8 Å². The summed E-state index contributed by atoms with van der Waals surface area (Å²) in [4.78, 5) is 0. The maximum absolute atomic E-state index is 13.1. The Morgan fingerprint density at radius 3 is 1.90 bits per heavy atom. The van der Waals surface area contributed by atoms with Crippen molar-refractivity contribution >= 4 is 0 Å². The standard InChI is InChI=1S/C13H7F5O2/c14-9-1-7(2-10(15)5-9)8-3-11(19)6-12(4-8)20-13(16,17)18/h1-6,19H. The Balaban J connectivity index is 2.46. The SMILES string of the molecule is Oc1cc(OC(F)(F)F)cc(-c2cc(F)cc(F)c2)c1. The van der Waals surface area contributed by atoms with Crippen molar-refractivity contribution in [1.29, 1.82) is 0 Å². The number of aromatic hydroxyl groups is 1. The molecule has 0 unspecified atom stereocenters. The molecule has 0 aliphatic rings. The molecule has 7 heteroatoms. The minimum absolute atomic E-state index is 0.0114. The molecule has 0 radical (unpaired) electrons. The van der Waals surface area contributed by atoms with Crippen molar-refractivity contribution in [1.82, 2.24) is 0 Å². The number of hydrogen-bond acceptors (Lipinski definition) is 2. The van der Waals surface area contributed by atoms with Crippen LogP contribution in [0.5, 0.6) is 11.5 Å². The van der Waals surface area contributed by atoms with E-state index in [1.807, 2.05) is 0 Å². The molecule has 0 heterocycles. The molecule has 0 saturated heterocycles. The summed E-state index contributed by atoms with van der Waals surface area (Å²) < 4.78 is 66.1. The third kappa shape index (κ3) is 3.59. The average Bonchev–Trinajstić information content (AvgIpc) is 2.24.